The molecule has 3 atom stereocenters. The molecule has 16 heteroatoms. The zero-order valence-electron chi connectivity index (χ0n) is 18.8. The van der Waals surface area contributed by atoms with Crippen molar-refractivity contribution in [1.82, 2.24) is 26.6 Å². The molecule has 34 heavy (non-hydrogen) atoms. The number of urea groups is 3. The molecule has 0 rings (SSSR count). The number of carboxylic acid groups (broad SMARTS) is 1. The predicted octanol–water partition coefficient (Wildman–Crippen LogP) is -3.29. The van der Waals surface area contributed by atoms with Crippen LogP contribution in [0.25, 0.3) is 0 Å². The molecule has 0 aliphatic rings. The van der Waals surface area contributed by atoms with Gasteiger partial charge in [-0.15, -0.1) is 0 Å². The molecule has 0 radical (unpaired) electrons. The maximum Gasteiger partial charge on any atom is 0.326 e. The van der Waals surface area contributed by atoms with Crippen molar-refractivity contribution in [1.29, 1.82) is 0 Å². The largest absolute Gasteiger partial charge is 0.480 e. The van der Waals surface area contributed by atoms with Crippen LogP contribution in [-0.4, -0.2) is 78.7 Å². The highest BCUT2D eigenvalue weighted by Crippen LogP contribution is 2.04. The standard InChI is InChI=1S/C18H35N9O7/c19-10(4-1-7-23-16(20)32)13(28)26-11(5-2-8-24-17(21)33)14(29)27-12(15(30)31)6-3-9-25-18(22)34/h10-12H,1-9,19H2,(H,26,28)(H,27,29)(H,30,31)(H3,20,23,32)(H3,21,24,33)(H3,22,25,34)/t10-,11-,12-/m0/s1. The summed E-state index contributed by atoms with van der Waals surface area (Å²) in [5, 5.41) is 21.2. The quantitative estimate of drug-likeness (QED) is 0.0921. The first-order chi connectivity index (χ1) is 15.9. The van der Waals surface area contributed by atoms with Crippen LogP contribution in [-0.2, 0) is 14.4 Å². The fourth-order valence-corrected chi connectivity index (χ4v) is 2.78. The Bertz CT molecular complexity index is 720. The fraction of sp³-hybridized carbons (Fsp3) is 0.667. The topological polar surface area (TPSA) is 287 Å². The van der Waals surface area contributed by atoms with E-state index in [1.165, 1.54) is 0 Å². The Hall–Kier alpha value is -3.82. The summed E-state index contributed by atoms with van der Waals surface area (Å²) in [6, 6.07) is -5.64. The molecule has 0 heterocycles. The van der Waals surface area contributed by atoms with Crippen molar-refractivity contribution >= 4 is 35.9 Å². The first kappa shape index (κ1) is 30.2. The summed E-state index contributed by atoms with van der Waals surface area (Å²) >= 11 is 0. The van der Waals surface area contributed by atoms with Gasteiger partial charge < -0.3 is 54.6 Å². The van der Waals surface area contributed by atoms with Gasteiger partial charge in [0.1, 0.15) is 12.1 Å². The van der Waals surface area contributed by atoms with Gasteiger partial charge in [0.15, 0.2) is 0 Å². The van der Waals surface area contributed by atoms with E-state index >= 15 is 0 Å². The monoisotopic (exact) mass is 489 g/mol. The Labute approximate surface area is 196 Å². The predicted molar refractivity (Wildman–Crippen MR) is 120 cm³/mol. The van der Waals surface area contributed by atoms with E-state index in [1.807, 2.05) is 0 Å². The molecule has 0 aromatic carbocycles. The average Bonchev–Trinajstić information content (AvgIpc) is 2.74. The van der Waals surface area contributed by atoms with Gasteiger partial charge >= 0.3 is 24.1 Å². The second-order valence-electron chi connectivity index (χ2n) is 7.37. The highest BCUT2D eigenvalue weighted by atomic mass is 16.4. The highest BCUT2D eigenvalue weighted by Gasteiger charge is 2.27. The maximum absolute atomic E-state index is 12.7. The molecule has 0 unspecified atom stereocenters. The minimum absolute atomic E-state index is 0.00235. The molecule has 0 saturated heterocycles. The van der Waals surface area contributed by atoms with Gasteiger partial charge in [-0.1, -0.05) is 0 Å². The van der Waals surface area contributed by atoms with Gasteiger partial charge in [-0.3, -0.25) is 9.59 Å². The summed E-state index contributed by atoms with van der Waals surface area (Å²) in [5.74, 6) is -2.71. The number of rotatable bonds is 17. The second-order valence-corrected chi connectivity index (χ2v) is 7.37. The Balaban J connectivity index is 5.00. The maximum atomic E-state index is 12.7. The van der Waals surface area contributed by atoms with E-state index in [0.717, 1.165) is 0 Å². The lowest BCUT2D eigenvalue weighted by molar-refractivity contribution is -0.142. The first-order valence-corrected chi connectivity index (χ1v) is 10.6. The van der Waals surface area contributed by atoms with E-state index < -0.39 is 54.0 Å². The van der Waals surface area contributed by atoms with E-state index in [1.54, 1.807) is 0 Å². The first-order valence-electron chi connectivity index (χ1n) is 10.6. The van der Waals surface area contributed by atoms with Gasteiger partial charge in [-0.05, 0) is 38.5 Å². The number of carbonyl (C=O) groups is 6. The number of carbonyl (C=O) groups excluding carboxylic acids is 5. The van der Waals surface area contributed by atoms with Gasteiger partial charge in [0, 0.05) is 19.6 Å². The summed E-state index contributed by atoms with van der Waals surface area (Å²) in [5.41, 5.74) is 20.7. The number of nitrogens with one attached hydrogen (secondary N) is 5. The summed E-state index contributed by atoms with van der Waals surface area (Å²) in [6.07, 6.45) is 1.08. The Kier molecular flexibility index (Phi) is 14.9. The normalized spacial score (nSPS) is 13.0. The molecule has 16 nitrogen and oxygen atoms in total. The third-order valence-corrected chi connectivity index (χ3v) is 4.51. The minimum Gasteiger partial charge on any atom is -0.480 e. The van der Waals surface area contributed by atoms with Crippen LogP contribution in [0.3, 0.4) is 0 Å². The molecule has 0 aromatic heterocycles. The summed E-state index contributed by atoms with van der Waals surface area (Å²) in [7, 11) is 0. The van der Waals surface area contributed by atoms with Crippen molar-refractivity contribution in [3.63, 3.8) is 0 Å². The number of hydrogen-bond donors (Lipinski definition) is 10. The van der Waals surface area contributed by atoms with E-state index in [9.17, 15) is 33.9 Å². The number of aliphatic carboxylic acids is 1. The molecule has 8 amide bonds. The fourth-order valence-electron chi connectivity index (χ4n) is 2.78. The molecule has 0 fully saturated rings. The van der Waals surface area contributed by atoms with Crippen molar-refractivity contribution in [3.05, 3.63) is 0 Å². The summed E-state index contributed by atoms with van der Waals surface area (Å²) in [4.78, 5) is 68.9. The lowest BCUT2D eigenvalue weighted by Crippen LogP contribution is -2.54. The van der Waals surface area contributed by atoms with E-state index in [2.05, 4.69) is 26.6 Å². The molecule has 14 N–H and O–H groups in total. The molecule has 0 spiro atoms. The van der Waals surface area contributed by atoms with Crippen molar-refractivity contribution in [3.8, 4) is 0 Å². The van der Waals surface area contributed by atoms with Crippen LogP contribution in [0.5, 0.6) is 0 Å². The van der Waals surface area contributed by atoms with Crippen LogP contribution in [0.4, 0.5) is 14.4 Å². The summed E-state index contributed by atoms with van der Waals surface area (Å²) in [6.45, 7) is 0.457. The van der Waals surface area contributed by atoms with Gasteiger partial charge in [0.05, 0.1) is 6.04 Å². The van der Waals surface area contributed by atoms with Gasteiger partial charge in [0.2, 0.25) is 11.8 Å². The molecular weight excluding hydrogens is 454 g/mol. The van der Waals surface area contributed by atoms with E-state index in [4.69, 9.17) is 22.9 Å². The number of hydrogen-bond acceptors (Lipinski definition) is 7. The number of nitrogens with two attached hydrogens (primary N) is 4. The molecule has 0 aromatic rings. The Morgan fingerprint density at radius 1 is 0.618 bits per heavy atom. The Morgan fingerprint density at radius 2 is 1.00 bits per heavy atom. The lowest BCUT2D eigenvalue weighted by atomic mass is 10.1. The van der Waals surface area contributed by atoms with Crippen molar-refractivity contribution in [2.75, 3.05) is 19.6 Å². The third-order valence-electron chi connectivity index (χ3n) is 4.51. The molecule has 0 saturated carbocycles. The zero-order chi connectivity index (χ0) is 26.1. The van der Waals surface area contributed by atoms with Crippen molar-refractivity contribution < 1.29 is 33.9 Å². The van der Waals surface area contributed by atoms with Gasteiger partial charge in [-0.2, -0.15) is 0 Å². The van der Waals surface area contributed by atoms with Crippen LogP contribution >= 0.6 is 0 Å². The second kappa shape index (κ2) is 16.8. The van der Waals surface area contributed by atoms with Crippen molar-refractivity contribution in [2.45, 2.75) is 56.7 Å². The highest BCUT2D eigenvalue weighted by molar-refractivity contribution is 5.91. The van der Waals surface area contributed by atoms with Crippen molar-refractivity contribution in [2.24, 2.45) is 22.9 Å². The van der Waals surface area contributed by atoms with Gasteiger partial charge in [0.25, 0.3) is 0 Å². The molecule has 0 aliphatic carbocycles. The molecule has 0 aliphatic heterocycles. The zero-order valence-corrected chi connectivity index (χ0v) is 18.8. The van der Waals surface area contributed by atoms with E-state index in [0.29, 0.717) is 6.42 Å². The number of amides is 8. The van der Waals surface area contributed by atoms with E-state index in [-0.39, 0.29) is 51.7 Å². The van der Waals surface area contributed by atoms with Crippen LogP contribution < -0.4 is 49.5 Å². The number of primary amides is 3. The van der Waals surface area contributed by atoms with Crippen LogP contribution in [0, 0.1) is 0 Å². The van der Waals surface area contributed by atoms with Crippen LogP contribution in [0.15, 0.2) is 0 Å². The molecule has 0 bridgehead atoms. The third kappa shape index (κ3) is 15.1. The smallest absolute Gasteiger partial charge is 0.326 e. The average molecular weight is 490 g/mol. The molecule has 194 valence electrons. The number of carboxylic acids is 1. The SMILES string of the molecule is NC(=O)NCCC[C@H](NC(=O)[C@H](CCCNC(N)=O)NC(=O)[C@@H](N)CCCNC(N)=O)C(=O)O. The van der Waals surface area contributed by atoms with Gasteiger partial charge in [-0.25, -0.2) is 19.2 Å². The lowest BCUT2D eigenvalue weighted by Gasteiger charge is -2.23. The summed E-state index contributed by atoms with van der Waals surface area (Å²) < 4.78 is 0. The van der Waals surface area contributed by atoms with Crippen LogP contribution in [0.2, 0.25) is 0 Å². The molecular formula is C18H35N9O7. The Morgan fingerprint density at radius 3 is 1.41 bits per heavy atom. The van der Waals surface area contributed by atoms with Crippen LogP contribution in [0.1, 0.15) is 38.5 Å². The minimum atomic E-state index is -1.30.